The monoisotopic (exact) mass is 248 g/mol. The Balaban J connectivity index is 1.72. The first-order valence-electron chi connectivity index (χ1n) is 7.47. The minimum atomic E-state index is 0.290. The van der Waals surface area contributed by atoms with Gasteiger partial charge in [0.1, 0.15) is 0 Å². The summed E-state index contributed by atoms with van der Waals surface area (Å²) >= 11 is 0. The van der Waals surface area contributed by atoms with Crippen molar-refractivity contribution in [1.29, 1.82) is 5.26 Å². The number of carbonyl (C=O) groups is 1. The maximum atomic E-state index is 12.2. The highest BCUT2D eigenvalue weighted by atomic mass is 16.2. The molecular weight excluding hydrogens is 224 g/mol. The van der Waals surface area contributed by atoms with E-state index in [-0.39, 0.29) is 0 Å². The summed E-state index contributed by atoms with van der Waals surface area (Å²) < 4.78 is 0. The molecular formula is C15H24N2O. The third-order valence-corrected chi connectivity index (χ3v) is 4.26. The zero-order chi connectivity index (χ0) is 12.8. The van der Waals surface area contributed by atoms with Crippen LogP contribution in [-0.2, 0) is 4.79 Å². The van der Waals surface area contributed by atoms with Gasteiger partial charge < -0.3 is 4.90 Å². The van der Waals surface area contributed by atoms with E-state index in [2.05, 4.69) is 6.07 Å². The van der Waals surface area contributed by atoms with Crippen molar-refractivity contribution in [2.24, 2.45) is 5.92 Å². The summed E-state index contributed by atoms with van der Waals surface area (Å²) in [5, 5.41) is 8.64. The van der Waals surface area contributed by atoms with E-state index in [0.717, 1.165) is 25.2 Å². The Morgan fingerprint density at radius 1 is 1.17 bits per heavy atom. The van der Waals surface area contributed by atoms with Crippen molar-refractivity contribution in [2.45, 2.75) is 70.3 Å². The van der Waals surface area contributed by atoms with E-state index in [9.17, 15) is 4.79 Å². The molecule has 0 heterocycles. The summed E-state index contributed by atoms with van der Waals surface area (Å²) in [6.07, 6.45) is 11.2. The summed E-state index contributed by atoms with van der Waals surface area (Å²) in [5.41, 5.74) is 0. The number of carbonyl (C=O) groups excluding carboxylic acids is 1. The molecule has 2 fully saturated rings. The molecule has 100 valence electrons. The molecule has 0 spiro atoms. The summed E-state index contributed by atoms with van der Waals surface area (Å²) in [7, 11) is 0. The molecule has 2 rings (SSSR count). The van der Waals surface area contributed by atoms with Crippen LogP contribution in [0.5, 0.6) is 0 Å². The van der Waals surface area contributed by atoms with E-state index in [0.29, 0.717) is 31.3 Å². The lowest BCUT2D eigenvalue weighted by Crippen LogP contribution is -2.34. The van der Waals surface area contributed by atoms with Crippen LogP contribution in [0.25, 0.3) is 0 Å². The summed E-state index contributed by atoms with van der Waals surface area (Å²) in [4.78, 5) is 14.2. The van der Waals surface area contributed by atoms with Crippen molar-refractivity contribution in [2.75, 3.05) is 6.54 Å². The lowest BCUT2D eigenvalue weighted by Gasteiger charge is -2.24. The summed E-state index contributed by atoms with van der Waals surface area (Å²) in [6, 6.07) is 2.60. The first-order valence-corrected chi connectivity index (χ1v) is 7.47. The van der Waals surface area contributed by atoms with Gasteiger partial charge in [-0.15, -0.1) is 0 Å². The number of nitriles is 1. The van der Waals surface area contributed by atoms with Crippen LogP contribution < -0.4 is 0 Å². The first-order chi connectivity index (χ1) is 8.81. The van der Waals surface area contributed by atoms with Gasteiger partial charge in [0.2, 0.25) is 5.91 Å². The topological polar surface area (TPSA) is 44.1 Å². The van der Waals surface area contributed by atoms with E-state index in [1.54, 1.807) is 0 Å². The van der Waals surface area contributed by atoms with Gasteiger partial charge >= 0.3 is 0 Å². The number of hydrogen-bond acceptors (Lipinski definition) is 2. The Morgan fingerprint density at radius 3 is 2.50 bits per heavy atom. The molecule has 3 heteroatoms. The van der Waals surface area contributed by atoms with Crippen molar-refractivity contribution in [1.82, 2.24) is 4.90 Å². The van der Waals surface area contributed by atoms with Crippen LogP contribution in [0.15, 0.2) is 0 Å². The smallest absolute Gasteiger partial charge is 0.222 e. The first kappa shape index (κ1) is 13.4. The molecule has 1 amide bonds. The molecule has 0 atom stereocenters. The van der Waals surface area contributed by atoms with Gasteiger partial charge in [0.05, 0.1) is 12.5 Å². The van der Waals surface area contributed by atoms with Gasteiger partial charge in [-0.3, -0.25) is 4.79 Å². The van der Waals surface area contributed by atoms with Crippen molar-refractivity contribution in [3.63, 3.8) is 0 Å². The van der Waals surface area contributed by atoms with Crippen molar-refractivity contribution >= 4 is 5.91 Å². The predicted octanol–water partition coefficient (Wildman–Crippen LogP) is 3.25. The molecule has 18 heavy (non-hydrogen) atoms. The van der Waals surface area contributed by atoms with Gasteiger partial charge in [0, 0.05) is 19.0 Å². The molecule has 0 aromatic carbocycles. The molecule has 0 N–H and O–H groups in total. The lowest BCUT2D eigenvalue weighted by atomic mass is 9.86. The minimum absolute atomic E-state index is 0.290. The van der Waals surface area contributed by atoms with E-state index < -0.39 is 0 Å². The van der Waals surface area contributed by atoms with Gasteiger partial charge in [0.25, 0.3) is 0 Å². The fraction of sp³-hybridized carbons (Fsp3) is 0.867. The number of nitrogens with zero attached hydrogens (tertiary/aromatic N) is 2. The average molecular weight is 248 g/mol. The number of amides is 1. The molecule has 3 nitrogen and oxygen atoms in total. The van der Waals surface area contributed by atoms with Crippen LogP contribution in [0.1, 0.15) is 64.2 Å². The van der Waals surface area contributed by atoms with Gasteiger partial charge in [-0.2, -0.15) is 5.26 Å². The maximum absolute atomic E-state index is 12.2. The van der Waals surface area contributed by atoms with E-state index in [4.69, 9.17) is 5.26 Å². The highest BCUT2D eigenvalue weighted by molar-refractivity contribution is 5.76. The third-order valence-electron chi connectivity index (χ3n) is 4.26. The number of hydrogen-bond donors (Lipinski definition) is 0. The summed E-state index contributed by atoms with van der Waals surface area (Å²) in [6.45, 7) is 0.644. The van der Waals surface area contributed by atoms with Gasteiger partial charge in [-0.1, -0.05) is 32.1 Å². The van der Waals surface area contributed by atoms with Crippen LogP contribution in [0.2, 0.25) is 0 Å². The third kappa shape index (κ3) is 4.01. The molecule has 0 bridgehead atoms. The Labute approximate surface area is 110 Å². The second kappa shape index (κ2) is 6.78. The zero-order valence-electron chi connectivity index (χ0n) is 11.2. The molecule has 2 saturated carbocycles. The second-order valence-electron chi connectivity index (χ2n) is 5.77. The average Bonchev–Trinajstić information content (AvgIpc) is 3.22. The van der Waals surface area contributed by atoms with Crippen LogP contribution >= 0.6 is 0 Å². The normalized spacial score (nSPS) is 20.4. The summed E-state index contributed by atoms with van der Waals surface area (Å²) in [5.74, 6) is 1.07. The van der Waals surface area contributed by atoms with Crippen molar-refractivity contribution < 1.29 is 4.79 Å². The predicted molar refractivity (Wildman–Crippen MR) is 70.8 cm³/mol. The molecule has 2 aliphatic carbocycles. The Morgan fingerprint density at radius 2 is 1.89 bits per heavy atom. The van der Waals surface area contributed by atoms with Gasteiger partial charge in [-0.05, 0) is 25.2 Å². The van der Waals surface area contributed by atoms with Crippen LogP contribution in [0.3, 0.4) is 0 Å². The second-order valence-corrected chi connectivity index (χ2v) is 5.77. The zero-order valence-corrected chi connectivity index (χ0v) is 11.2. The SMILES string of the molecule is N#CCCN(C(=O)CCC1CCCCC1)C1CC1. The Kier molecular flexibility index (Phi) is 5.04. The quantitative estimate of drug-likeness (QED) is 0.724. The minimum Gasteiger partial charge on any atom is -0.339 e. The molecule has 0 aromatic heterocycles. The van der Waals surface area contributed by atoms with Crippen LogP contribution in [0.4, 0.5) is 0 Å². The maximum Gasteiger partial charge on any atom is 0.222 e. The van der Waals surface area contributed by atoms with E-state index in [1.165, 1.54) is 32.1 Å². The molecule has 2 aliphatic rings. The molecule has 0 aromatic rings. The van der Waals surface area contributed by atoms with Crippen LogP contribution in [0, 0.1) is 17.2 Å². The van der Waals surface area contributed by atoms with Crippen LogP contribution in [-0.4, -0.2) is 23.4 Å². The molecule has 0 aliphatic heterocycles. The number of rotatable bonds is 6. The lowest BCUT2D eigenvalue weighted by molar-refractivity contribution is -0.132. The van der Waals surface area contributed by atoms with Gasteiger partial charge in [-0.25, -0.2) is 0 Å². The Bertz CT molecular complexity index is 311. The van der Waals surface area contributed by atoms with Gasteiger partial charge in [0.15, 0.2) is 0 Å². The fourth-order valence-electron chi connectivity index (χ4n) is 3.01. The molecule has 0 radical (unpaired) electrons. The van der Waals surface area contributed by atoms with E-state index >= 15 is 0 Å². The fourth-order valence-corrected chi connectivity index (χ4v) is 3.01. The van der Waals surface area contributed by atoms with Crippen molar-refractivity contribution in [3.8, 4) is 6.07 Å². The largest absolute Gasteiger partial charge is 0.339 e. The molecule has 0 unspecified atom stereocenters. The highest BCUT2D eigenvalue weighted by Gasteiger charge is 2.32. The Hall–Kier alpha value is -1.04. The standard InChI is InChI=1S/C15H24N2O/c16-11-4-12-17(14-8-9-14)15(18)10-7-13-5-2-1-3-6-13/h13-14H,1-10,12H2. The van der Waals surface area contributed by atoms with E-state index in [1.807, 2.05) is 4.90 Å². The highest BCUT2D eigenvalue weighted by Crippen LogP contribution is 2.30. The van der Waals surface area contributed by atoms with Crippen molar-refractivity contribution in [3.05, 3.63) is 0 Å². The molecule has 0 saturated heterocycles.